The van der Waals surface area contributed by atoms with E-state index in [4.69, 9.17) is 9.47 Å². The molecule has 1 aromatic carbocycles. The lowest BCUT2D eigenvalue weighted by atomic mass is 9.89. The van der Waals surface area contributed by atoms with Crippen molar-refractivity contribution >= 4 is 0 Å². The zero-order valence-electron chi connectivity index (χ0n) is 14.3. The number of hydrogen-bond acceptors (Lipinski definition) is 4. The highest BCUT2D eigenvalue weighted by Gasteiger charge is 2.37. The third kappa shape index (κ3) is 4.06. The number of aliphatic hydroxyl groups excluding tert-OH is 1. The average Bonchev–Trinajstić information content (AvgIpc) is 2.99. The van der Waals surface area contributed by atoms with Crippen LogP contribution in [0.4, 0.5) is 0 Å². The molecule has 0 aromatic heterocycles. The van der Waals surface area contributed by atoms with E-state index >= 15 is 0 Å². The summed E-state index contributed by atoms with van der Waals surface area (Å²) >= 11 is 0. The molecule has 2 aliphatic heterocycles. The molecule has 0 saturated carbocycles. The minimum Gasteiger partial charge on any atom is -0.492 e. The molecule has 0 amide bonds. The van der Waals surface area contributed by atoms with Gasteiger partial charge < -0.3 is 14.6 Å². The van der Waals surface area contributed by atoms with Gasteiger partial charge in [0.15, 0.2) is 0 Å². The van der Waals surface area contributed by atoms with Crippen LogP contribution in [0.2, 0.25) is 0 Å². The van der Waals surface area contributed by atoms with Gasteiger partial charge in [-0.3, -0.25) is 4.90 Å². The van der Waals surface area contributed by atoms with Gasteiger partial charge in [0.25, 0.3) is 0 Å². The third-order valence-corrected chi connectivity index (χ3v) is 5.25. The number of likely N-dealkylation sites (tertiary alicyclic amines) is 1. The lowest BCUT2D eigenvalue weighted by Gasteiger charge is -2.37. The molecule has 3 rings (SSSR count). The van der Waals surface area contributed by atoms with Gasteiger partial charge in [-0.25, -0.2) is 0 Å². The summed E-state index contributed by atoms with van der Waals surface area (Å²) in [6.07, 6.45) is 2.93. The standard InChI is InChI=1S/C19H29NO3/c1-14-5-6-15(2)19(12-14)23-11-9-20-8-3-4-17(20)16-13-22-10-7-18(16)21/h5-6,12,16-18,21H,3-4,7-11,13H2,1-2H3/t16-,17-,18-/m1/s1. The van der Waals surface area contributed by atoms with Gasteiger partial charge >= 0.3 is 0 Å². The van der Waals surface area contributed by atoms with E-state index in [9.17, 15) is 5.11 Å². The Kier molecular flexibility index (Phi) is 5.57. The van der Waals surface area contributed by atoms with Crippen molar-refractivity contribution in [2.45, 2.75) is 45.3 Å². The first-order valence-electron chi connectivity index (χ1n) is 8.85. The van der Waals surface area contributed by atoms with Crippen LogP contribution >= 0.6 is 0 Å². The Morgan fingerprint density at radius 3 is 3.00 bits per heavy atom. The van der Waals surface area contributed by atoms with Crippen LogP contribution < -0.4 is 4.74 Å². The molecule has 4 nitrogen and oxygen atoms in total. The molecule has 128 valence electrons. The molecule has 4 heteroatoms. The molecular weight excluding hydrogens is 290 g/mol. The summed E-state index contributed by atoms with van der Waals surface area (Å²) in [7, 11) is 0. The number of nitrogens with zero attached hydrogens (tertiary/aromatic N) is 1. The largest absolute Gasteiger partial charge is 0.492 e. The van der Waals surface area contributed by atoms with Crippen LogP contribution in [0.1, 0.15) is 30.4 Å². The molecule has 2 saturated heterocycles. The molecule has 2 aliphatic rings. The molecular formula is C19H29NO3. The smallest absolute Gasteiger partial charge is 0.122 e. The zero-order chi connectivity index (χ0) is 16.2. The Bertz CT molecular complexity index is 519. The fourth-order valence-corrected chi connectivity index (χ4v) is 3.87. The summed E-state index contributed by atoms with van der Waals surface area (Å²) in [6, 6.07) is 6.77. The predicted molar refractivity (Wildman–Crippen MR) is 90.9 cm³/mol. The Balaban J connectivity index is 1.53. The van der Waals surface area contributed by atoms with Crippen molar-refractivity contribution < 1.29 is 14.6 Å². The topological polar surface area (TPSA) is 41.9 Å². The Morgan fingerprint density at radius 1 is 1.30 bits per heavy atom. The Hall–Kier alpha value is -1.10. The fourth-order valence-electron chi connectivity index (χ4n) is 3.87. The van der Waals surface area contributed by atoms with Crippen LogP contribution in [0.5, 0.6) is 5.75 Å². The van der Waals surface area contributed by atoms with Crippen LogP contribution in [0, 0.1) is 19.8 Å². The summed E-state index contributed by atoms with van der Waals surface area (Å²) in [5.41, 5.74) is 2.41. The van der Waals surface area contributed by atoms with E-state index < -0.39 is 0 Å². The molecule has 0 radical (unpaired) electrons. The second kappa shape index (κ2) is 7.65. The molecule has 2 fully saturated rings. The maximum absolute atomic E-state index is 10.3. The van der Waals surface area contributed by atoms with E-state index in [1.165, 1.54) is 17.5 Å². The quantitative estimate of drug-likeness (QED) is 0.906. The van der Waals surface area contributed by atoms with E-state index in [0.29, 0.717) is 25.9 Å². The van der Waals surface area contributed by atoms with Crippen molar-refractivity contribution in [1.82, 2.24) is 4.90 Å². The monoisotopic (exact) mass is 319 g/mol. The lowest BCUT2D eigenvalue weighted by Crippen LogP contribution is -2.47. The van der Waals surface area contributed by atoms with Gasteiger partial charge in [-0.1, -0.05) is 12.1 Å². The van der Waals surface area contributed by atoms with Crippen LogP contribution in [-0.4, -0.2) is 55.1 Å². The van der Waals surface area contributed by atoms with E-state index in [1.54, 1.807) is 0 Å². The highest BCUT2D eigenvalue weighted by Crippen LogP contribution is 2.29. The SMILES string of the molecule is Cc1ccc(C)c(OCCN2CCC[C@@H]2[C@H]2COCC[C@H]2O)c1. The number of hydrogen-bond donors (Lipinski definition) is 1. The van der Waals surface area contributed by atoms with Gasteiger partial charge in [0.1, 0.15) is 12.4 Å². The first-order chi connectivity index (χ1) is 11.1. The maximum Gasteiger partial charge on any atom is 0.122 e. The number of rotatable bonds is 5. The van der Waals surface area contributed by atoms with E-state index in [2.05, 4.69) is 36.9 Å². The fraction of sp³-hybridized carbons (Fsp3) is 0.684. The normalized spacial score (nSPS) is 28.9. The molecule has 3 atom stereocenters. The highest BCUT2D eigenvalue weighted by atomic mass is 16.5. The minimum atomic E-state index is -0.214. The lowest BCUT2D eigenvalue weighted by molar-refractivity contribution is -0.0634. The molecule has 0 unspecified atom stereocenters. The van der Waals surface area contributed by atoms with Crippen LogP contribution in [0.15, 0.2) is 18.2 Å². The molecule has 0 spiro atoms. The van der Waals surface area contributed by atoms with Gasteiger partial charge in [0.2, 0.25) is 0 Å². The van der Waals surface area contributed by atoms with Gasteiger partial charge in [-0.15, -0.1) is 0 Å². The Labute approximate surface area is 139 Å². The van der Waals surface area contributed by atoms with E-state index in [-0.39, 0.29) is 12.0 Å². The van der Waals surface area contributed by atoms with Gasteiger partial charge in [-0.05, 0) is 56.8 Å². The Morgan fingerprint density at radius 2 is 2.17 bits per heavy atom. The van der Waals surface area contributed by atoms with E-state index in [0.717, 1.165) is 31.7 Å². The van der Waals surface area contributed by atoms with E-state index in [1.807, 2.05) is 0 Å². The zero-order valence-corrected chi connectivity index (χ0v) is 14.3. The van der Waals surface area contributed by atoms with Crippen LogP contribution in [-0.2, 0) is 4.74 Å². The number of aryl methyl sites for hydroxylation is 2. The first-order valence-corrected chi connectivity index (χ1v) is 8.85. The first kappa shape index (κ1) is 16.7. The molecule has 0 aliphatic carbocycles. The second-order valence-electron chi connectivity index (χ2n) is 6.96. The van der Waals surface area contributed by atoms with Crippen molar-refractivity contribution in [3.63, 3.8) is 0 Å². The highest BCUT2D eigenvalue weighted by molar-refractivity contribution is 5.35. The van der Waals surface area contributed by atoms with Gasteiger partial charge in [0, 0.05) is 25.1 Å². The molecule has 1 aromatic rings. The third-order valence-electron chi connectivity index (χ3n) is 5.25. The van der Waals surface area contributed by atoms with Crippen LogP contribution in [0.3, 0.4) is 0 Å². The second-order valence-corrected chi connectivity index (χ2v) is 6.96. The summed E-state index contributed by atoms with van der Waals surface area (Å²) in [5.74, 6) is 1.24. The molecule has 1 N–H and O–H groups in total. The number of benzene rings is 1. The summed E-state index contributed by atoms with van der Waals surface area (Å²) in [5, 5.41) is 10.3. The van der Waals surface area contributed by atoms with Crippen molar-refractivity contribution in [2.75, 3.05) is 32.9 Å². The molecule has 0 bridgehead atoms. The summed E-state index contributed by atoms with van der Waals surface area (Å²) in [6.45, 7) is 8.28. The summed E-state index contributed by atoms with van der Waals surface area (Å²) in [4.78, 5) is 2.48. The predicted octanol–water partition coefficient (Wildman–Crippen LogP) is 2.54. The number of aliphatic hydroxyl groups is 1. The number of ether oxygens (including phenoxy) is 2. The van der Waals surface area contributed by atoms with Crippen molar-refractivity contribution in [3.05, 3.63) is 29.3 Å². The van der Waals surface area contributed by atoms with Gasteiger partial charge in [0.05, 0.1) is 12.7 Å². The minimum absolute atomic E-state index is 0.214. The van der Waals surface area contributed by atoms with Gasteiger partial charge in [-0.2, -0.15) is 0 Å². The van der Waals surface area contributed by atoms with Crippen LogP contribution in [0.25, 0.3) is 0 Å². The van der Waals surface area contributed by atoms with Crippen molar-refractivity contribution in [3.8, 4) is 5.75 Å². The maximum atomic E-state index is 10.3. The summed E-state index contributed by atoms with van der Waals surface area (Å²) < 4.78 is 11.6. The van der Waals surface area contributed by atoms with Crippen molar-refractivity contribution in [1.29, 1.82) is 0 Å². The molecule has 2 heterocycles. The molecule has 23 heavy (non-hydrogen) atoms. The van der Waals surface area contributed by atoms with Crippen molar-refractivity contribution in [2.24, 2.45) is 5.92 Å². The average molecular weight is 319 g/mol.